The third-order valence-corrected chi connectivity index (χ3v) is 11.6. The first kappa shape index (κ1) is 40.9. The Kier molecular flexibility index (Phi) is 13.8. The molecule has 56 heavy (non-hydrogen) atoms. The molecule has 2 unspecified atom stereocenters. The molecule has 3 heterocycles. The van der Waals surface area contributed by atoms with Gasteiger partial charge in [-0.1, -0.05) is 67.8 Å². The number of carboxylic acid groups (broad SMARTS) is 2. The lowest BCUT2D eigenvalue weighted by Crippen LogP contribution is -2.47. The quantitative estimate of drug-likeness (QED) is 0.138. The highest BCUT2D eigenvalue weighted by Crippen LogP contribution is 2.42. The number of benzene rings is 2. The van der Waals surface area contributed by atoms with E-state index in [1.165, 1.54) is 6.20 Å². The average Bonchev–Trinajstić information content (AvgIpc) is 3.20. The van der Waals surface area contributed by atoms with Gasteiger partial charge in [0, 0.05) is 55.2 Å². The maximum Gasteiger partial charge on any atom is 0.320 e. The summed E-state index contributed by atoms with van der Waals surface area (Å²) in [4.78, 5) is 32.3. The molecule has 0 amide bonds. The average molecular weight is 783 g/mol. The van der Waals surface area contributed by atoms with Crippen LogP contribution in [0.1, 0.15) is 79.7 Å². The summed E-state index contributed by atoms with van der Waals surface area (Å²) < 4.78 is 19.9. The Labute approximate surface area is 334 Å². The van der Waals surface area contributed by atoms with E-state index in [-0.39, 0.29) is 19.1 Å². The molecule has 2 saturated heterocycles. The zero-order valence-corrected chi connectivity index (χ0v) is 32.9. The molecule has 2 aromatic carbocycles. The highest BCUT2D eigenvalue weighted by atomic mass is 35.5. The van der Waals surface area contributed by atoms with E-state index in [2.05, 4.69) is 48.0 Å². The predicted molar refractivity (Wildman–Crippen MR) is 214 cm³/mol. The smallest absolute Gasteiger partial charge is 0.320 e. The van der Waals surface area contributed by atoms with E-state index in [9.17, 15) is 25.1 Å². The number of ether oxygens (including phenoxy) is 3. The van der Waals surface area contributed by atoms with Crippen LogP contribution in [0.25, 0.3) is 5.57 Å². The van der Waals surface area contributed by atoms with E-state index < -0.39 is 29.6 Å². The SMILES string of the molecule is Cc1ccccc1C1=CC=CC(COc2cc(OCc3cncc(C#N)c3)c(CN3CCCC[C@H]3C(=O)O)cc2Cl)(OCCCN2CCCC[C@H]2C(=O)O)C1C. The number of piperidine rings is 2. The van der Waals surface area contributed by atoms with Crippen LogP contribution >= 0.6 is 11.6 Å². The number of nitriles is 1. The number of hydrogen-bond donors (Lipinski definition) is 2. The fourth-order valence-electron chi connectivity index (χ4n) is 8.14. The van der Waals surface area contributed by atoms with Gasteiger partial charge in [0.25, 0.3) is 0 Å². The number of nitrogens with zero attached hydrogens (tertiary/aromatic N) is 4. The highest BCUT2D eigenvalue weighted by Gasteiger charge is 2.41. The second kappa shape index (κ2) is 18.9. The number of pyridine rings is 1. The van der Waals surface area contributed by atoms with Crippen LogP contribution in [0.3, 0.4) is 0 Å². The number of aryl methyl sites for hydroxylation is 1. The summed E-state index contributed by atoms with van der Waals surface area (Å²) in [5, 5.41) is 29.6. The standard InChI is InChI=1S/C44H51ClN4O7/c1-30-11-3-4-12-35(30)36-13-9-16-44(31(36)2,56-20-10-19-48-17-7-5-14-38(48)42(50)51)29-55-41-23-40(54-28-33-21-32(24-46)25-47-26-33)34(22-37(41)45)27-49-18-8-6-15-39(49)43(52)53/h3-4,9,11-13,16,21-23,25-26,31,38-39H,5-8,10,14-15,17-20,27-29H2,1-2H3,(H,50,51)(H,52,53)/t31?,38-,39-,44?/m0/s1. The van der Waals surface area contributed by atoms with Gasteiger partial charge in [-0.05, 0) is 87.0 Å². The Morgan fingerprint density at radius 1 is 0.982 bits per heavy atom. The monoisotopic (exact) mass is 782 g/mol. The van der Waals surface area contributed by atoms with Gasteiger partial charge in [-0.25, -0.2) is 0 Å². The van der Waals surface area contributed by atoms with Crippen LogP contribution in [0.4, 0.5) is 0 Å². The first-order valence-corrected chi connectivity index (χ1v) is 19.9. The Hall–Kier alpha value is -4.73. The second-order valence-corrected chi connectivity index (χ2v) is 15.4. The van der Waals surface area contributed by atoms with Gasteiger partial charge in [0.1, 0.15) is 48.5 Å². The van der Waals surface area contributed by atoms with Crippen molar-refractivity contribution in [1.29, 1.82) is 5.26 Å². The molecule has 2 N–H and O–H groups in total. The molecule has 3 aromatic rings. The van der Waals surface area contributed by atoms with Crippen LogP contribution in [-0.4, -0.2) is 87.5 Å². The predicted octanol–water partition coefficient (Wildman–Crippen LogP) is 7.69. The van der Waals surface area contributed by atoms with E-state index in [4.69, 9.17) is 25.8 Å². The van der Waals surface area contributed by atoms with Gasteiger partial charge in [-0.3, -0.25) is 24.4 Å². The zero-order chi connectivity index (χ0) is 39.7. The molecule has 0 radical (unpaired) electrons. The Morgan fingerprint density at radius 2 is 1.71 bits per heavy atom. The summed E-state index contributed by atoms with van der Waals surface area (Å²) in [5.41, 5.74) is 4.34. The minimum absolute atomic E-state index is 0.120. The highest BCUT2D eigenvalue weighted by molar-refractivity contribution is 6.32. The van der Waals surface area contributed by atoms with Gasteiger partial charge < -0.3 is 24.4 Å². The summed E-state index contributed by atoms with van der Waals surface area (Å²) >= 11 is 6.99. The molecule has 12 heteroatoms. The topological polar surface area (TPSA) is 145 Å². The van der Waals surface area contributed by atoms with Crippen LogP contribution in [0.5, 0.6) is 11.5 Å². The van der Waals surface area contributed by atoms with Crippen molar-refractivity contribution in [2.75, 3.05) is 32.8 Å². The molecule has 1 aromatic heterocycles. The lowest BCUT2D eigenvalue weighted by Gasteiger charge is -2.40. The fraction of sp³-hybridized carbons (Fsp3) is 0.455. The molecule has 296 valence electrons. The van der Waals surface area contributed by atoms with Crippen LogP contribution < -0.4 is 9.47 Å². The van der Waals surface area contributed by atoms with Crippen molar-refractivity contribution >= 4 is 29.1 Å². The maximum atomic E-state index is 12.2. The van der Waals surface area contributed by atoms with E-state index in [1.807, 2.05) is 29.2 Å². The van der Waals surface area contributed by atoms with E-state index in [1.54, 1.807) is 24.4 Å². The summed E-state index contributed by atoms with van der Waals surface area (Å²) in [6.45, 7) is 7.19. The summed E-state index contributed by atoms with van der Waals surface area (Å²) in [5.74, 6) is -0.886. The number of rotatable bonds is 16. The Bertz CT molecular complexity index is 1980. The normalized spacial score (nSPS) is 22.9. The van der Waals surface area contributed by atoms with Crippen molar-refractivity contribution in [2.24, 2.45) is 5.92 Å². The van der Waals surface area contributed by atoms with E-state index in [0.29, 0.717) is 73.2 Å². The van der Waals surface area contributed by atoms with Crippen molar-refractivity contribution in [3.05, 3.63) is 106 Å². The third-order valence-electron chi connectivity index (χ3n) is 11.3. The molecule has 11 nitrogen and oxygen atoms in total. The molecule has 4 atom stereocenters. The number of carbonyl (C=O) groups is 2. The summed E-state index contributed by atoms with van der Waals surface area (Å²) in [7, 11) is 0. The summed E-state index contributed by atoms with van der Waals surface area (Å²) in [6, 6.07) is 14.5. The molecule has 2 fully saturated rings. The zero-order valence-electron chi connectivity index (χ0n) is 32.2. The van der Waals surface area contributed by atoms with E-state index >= 15 is 0 Å². The number of aliphatic carboxylic acids is 2. The third kappa shape index (κ3) is 9.79. The van der Waals surface area contributed by atoms with Gasteiger partial charge in [0.05, 0.1) is 10.6 Å². The number of allylic oxidation sites excluding steroid dienone is 2. The Balaban J connectivity index is 1.26. The number of aromatic nitrogens is 1. The lowest BCUT2D eigenvalue weighted by molar-refractivity contribution is -0.145. The molecule has 2 aliphatic heterocycles. The van der Waals surface area contributed by atoms with E-state index in [0.717, 1.165) is 54.5 Å². The number of hydrogen-bond acceptors (Lipinski definition) is 9. The van der Waals surface area contributed by atoms with Crippen LogP contribution in [-0.2, 0) is 27.5 Å². The number of likely N-dealkylation sites (tertiary alicyclic amines) is 2. The molecule has 0 saturated carbocycles. The van der Waals surface area contributed by atoms with Gasteiger partial charge in [-0.15, -0.1) is 0 Å². The molecular weight excluding hydrogens is 732 g/mol. The fourth-order valence-corrected chi connectivity index (χ4v) is 8.39. The minimum atomic E-state index is -0.893. The maximum absolute atomic E-state index is 12.2. The van der Waals surface area contributed by atoms with Crippen molar-refractivity contribution < 1.29 is 34.0 Å². The Morgan fingerprint density at radius 3 is 2.45 bits per heavy atom. The van der Waals surface area contributed by atoms with Gasteiger partial charge in [-0.2, -0.15) is 5.26 Å². The first-order valence-electron chi connectivity index (χ1n) is 19.5. The van der Waals surface area contributed by atoms with Crippen molar-refractivity contribution in [2.45, 2.75) is 89.6 Å². The molecule has 3 aliphatic rings. The van der Waals surface area contributed by atoms with Crippen LogP contribution in [0, 0.1) is 24.2 Å². The number of halogens is 1. The van der Waals surface area contributed by atoms with Gasteiger partial charge >= 0.3 is 11.9 Å². The second-order valence-electron chi connectivity index (χ2n) is 15.0. The summed E-state index contributed by atoms with van der Waals surface area (Å²) in [6.07, 6.45) is 14.8. The first-order chi connectivity index (χ1) is 27.1. The molecular formula is C44H51ClN4O7. The van der Waals surface area contributed by atoms with Crippen molar-refractivity contribution in [1.82, 2.24) is 14.8 Å². The number of carboxylic acids is 2. The molecule has 1 aliphatic carbocycles. The van der Waals surface area contributed by atoms with Crippen LogP contribution in [0.15, 0.2) is 73.1 Å². The largest absolute Gasteiger partial charge is 0.489 e. The molecule has 0 spiro atoms. The van der Waals surface area contributed by atoms with Crippen LogP contribution in [0.2, 0.25) is 5.02 Å². The minimum Gasteiger partial charge on any atom is -0.489 e. The molecule has 0 bridgehead atoms. The lowest BCUT2D eigenvalue weighted by atomic mass is 9.76. The van der Waals surface area contributed by atoms with Crippen molar-refractivity contribution in [3.8, 4) is 17.6 Å². The van der Waals surface area contributed by atoms with Gasteiger partial charge in [0.15, 0.2) is 0 Å². The molecule has 6 rings (SSSR count). The van der Waals surface area contributed by atoms with Crippen molar-refractivity contribution in [3.63, 3.8) is 0 Å². The van der Waals surface area contributed by atoms with Gasteiger partial charge in [0.2, 0.25) is 0 Å².